The van der Waals surface area contributed by atoms with Gasteiger partial charge in [-0.05, 0) is 24.5 Å². The molecule has 0 unspecified atom stereocenters. The van der Waals surface area contributed by atoms with Crippen LogP contribution in [-0.4, -0.2) is 47.0 Å². The van der Waals surface area contributed by atoms with Gasteiger partial charge in [0.15, 0.2) is 0 Å². The first-order chi connectivity index (χ1) is 13.0. The van der Waals surface area contributed by atoms with Crippen molar-refractivity contribution in [3.63, 3.8) is 0 Å². The molecule has 1 fully saturated rings. The lowest BCUT2D eigenvalue weighted by Crippen LogP contribution is -2.35. The highest BCUT2D eigenvalue weighted by molar-refractivity contribution is 5.94. The van der Waals surface area contributed by atoms with Crippen LogP contribution in [0.5, 0.6) is 0 Å². The molecule has 1 aromatic heterocycles. The number of amides is 1. The van der Waals surface area contributed by atoms with Crippen LogP contribution in [-0.2, 0) is 0 Å². The van der Waals surface area contributed by atoms with Crippen LogP contribution in [0.15, 0.2) is 36.4 Å². The number of nitrogens with zero attached hydrogens (tertiary/aromatic N) is 4. The van der Waals surface area contributed by atoms with Gasteiger partial charge in [-0.3, -0.25) is 4.79 Å². The largest absolute Gasteiger partial charge is 0.355 e. The Morgan fingerprint density at radius 2 is 1.67 bits per heavy atom. The van der Waals surface area contributed by atoms with Crippen LogP contribution in [0.25, 0.3) is 0 Å². The molecule has 2 heterocycles. The Bertz CT molecular complexity index is 747. The summed E-state index contributed by atoms with van der Waals surface area (Å²) in [5.74, 6) is 2.67. The first-order valence-electron chi connectivity index (χ1n) is 9.94. The van der Waals surface area contributed by atoms with Crippen LogP contribution in [0.3, 0.4) is 0 Å². The number of hydrogen-bond acceptors (Lipinski definition) is 4. The molecule has 144 valence electrons. The van der Waals surface area contributed by atoms with Gasteiger partial charge in [-0.1, -0.05) is 45.9 Å². The number of hydrogen-bond donors (Lipinski definition) is 0. The van der Waals surface area contributed by atoms with Crippen molar-refractivity contribution in [1.29, 1.82) is 0 Å². The van der Waals surface area contributed by atoms with E-state index in [4.69, 9.17) is 9.97 Å². The average molecular weight is 367 g/mol. The van der Waals surface area contributed by atoms with Crippen LogP contribution < -0.4 is 4.90 Å². The van der Waals surface area contributed by atoms with Crippen molar-refractivity contribution in [3.05, 3.63) is 53.5 Å². The molecular weight excluding hydrogens is 336 g/mol. The van der Waals surface area contributed by atoms with E-state index in [-0.39, 0.29) is 5.91 Å². The smallest absolute Gasteiger partial charge is 0.253 e. The average Bonchev–Trinajstić information content (AvgIpc) is 2.94. The normalized spacial score (nSPS) is 15.3. The molecule has 0 saturated carbocycles. The molecule has 3 rings (SSSR count). The van der Waals surface area contributed by atoms with Gasteiger partial charge in [0.2, 0.25) is 0 Å². The Balaban J connectivity index is 1.77. The molecule has 0 aliphatic carbocycles. The fourth-order valence-electron chi connectivity index (χ4n) is 3.30. The monoisotopic (exact) mass is 366 g/mol. The number of anilines is 1. The highest BCUT2D eigenvalue weighted by Crippen LogP contribution is 2.23. The summed E-state index contributed by atoms with van der Waals surface area (Å²) in [6.45, 7) is 11.8. The Kier molecular flexibility index (Phi) is 6.09. The molecule has 0 radical (unpaired) electrons. The van der Waals surface area contributed by atoms with Gasteiger partial charge in [0.1, 0.15) is 11.6 Å². The van der Waals surface area contributed by atoms with Gasteiger partial charge < -0.3 is 9.80 Å². The summed E-state index contributed by atoms with van der Waals surface area (Å²) in [6.07, 6.45) is 0.941. The third-order valence-corrected chi connectivity index (χ3v) is 4.99. The summed E-state index contributed by atoms with van der Waals surface area (Å²) in [4.78, 5) is 26.6. The summed E-state index contributed by atoms with van der Waals surface area (Å²) in [7, 11) is 0. The van der Waals surface area contributed by atoms with Crippen LogP contribution in [0.2, 0.25) is 0 Å². The van der Waals surface area contributed by atoms with E-state index in [1.165, 1.54) is 0 Å². The van der Waals surface area contributed by atoms with Crippen LogP contribution in [0, 0.1) is 0 Å². The lowest BCUT2D eigenvalue weighted by atomic mass is 10.1. The number of carbonyl (C=O) groups is 1. The second-order valence-electron chi connectivity index (χ2n) is 7.82. The second kappa shape index (κ2) is 8.51. The molecule has 1 aliphatic heterocycles. The van der Waals surface area contributed by atoms with Gasteiger partial charge in [-0.15, -0.1) is 0 Å². The van der Waals surface area contributed by atoms with Crippen molar-refractivity contribution >= 4 is 11.7 Å². The van der Waals surface area contributed by atoms with Crippen molar-refractivity contribution in [2.24, 2.45) is 0 Å². The van der Waals surface area contributed by atoms with Crippen molar-refractivity contribution < 1.29 is 4.79 Å². The molecule has 1 amide bonds. The topological polar surface area (TPSA) is 49.3 Å². The van der Waals surface area contributed by atoms with Crippen LogP contribution >= 0.6 is 0 Å². The molecule has 1 saturated heterocycles. The predicted octanol–water partition coefficient (Wildman–Crippen LogP) is 4.08. The molecule has 5 heteroatoms. The standard InChI is InChI=1S/C22H30N4O/c1-16(2)19-15-20(24-21(23-19)17(3)4)25-11-8-12-26(14-13-25)22(27)18-9-6-5-7-10-18/h5-7,9-10,15-17H,8,11-14H2,1-4H3. The Hall–Kier alpha value is -2.43. The summed E-state index contributed by atoms with van der Waals surface area (Å²) in [5, 5.41) is 0. The maximum absolute atomic E-state index is 12.8. The van der Waals surface area contributed by atoms with E-state index >= 15 is 0 Å². The molecule has 2 aromatic rings. The van der Waals surface area contributed by atoms with Gasteiger partial charge in [-0.25, -0.2) is 9.97 Å². The van der Waals surface area contributed by atoms with Crippen LogP contribution in [0.4, 0.5) is 5.82 Å². The Morgan fingerprint density at radius 3 is 2.33 bits per heavy atom. The summed E-state index contributed by atoms with van der Waals surface area (Å²) in [5.41, 5.74) is 1.85. The zero-order valence-corrected chi connectivity index (χ0v) is 16.9. The lowest BCUT2D eigenvalue weighted by molar-refractivity contribution is 0.0767. The summed E-state index contributed by atoms with van der Waals surface area (Å²) < 4.78 is 0. The predicted molar refractivity (Wildman–Crippen MR) is 109 cm³/mol. The molecular formula is C22H30N4O. The van der Waals surface area contributed by atoms with Gasteiger partial charge in [0.05, 0.1) is 0 Å². The van der Waals surface area contributed by atoms with Crippen LogP contribution in [0.1, 0.15) is 67.8 Å². The molecule has 27 heavy (non-hydrogen) atoms. The first kappa shape index (κ1) is 19.3. The Labute approximate surface area is 162 Å². The zero-order chi connectivity index (χ0) is 19.4. The second-order valence-corrected chi connectivity index (χ2v) is 7.82. The third kappa shape index (κ3) is 4.65. The van der Waals surface area contributed by atoms with E-state index in [0.29, 0.717) is 18.4 Å². The molecule has 0 N–H and O–H groups in total. The molecule has 0 bridgehead atoms. The van der Waals surface area contributed by atoms with Crippen molar-refractivity contribution in [3.8, 4) is 0 Å². The van der Waals surface area contributed by atoms with E-state index in [2.05, 4.69) is 38.7 Å². The first-order valence-corrected chi connectivity index (χ1v) is 9.94. The number of carbonyl (C=O) groups excluding carboxylic acids is 1. The Morgan fingerprint density at radius 1 is 0.926 bits per heavy atom. The van der Waals surface area contributed by atoms with Crippen molar-refractivity contribution in [2.45, 2.75) is 46.0 Å². The highest BCUT2D eigenvalue weighted by atomic mass is 16.2. The molecule has 5 nitrogen and oxygen atoms in total. The number of aromatic nitrogens is 2. The molecule has 0 atom stereocenters. The maximum atomic E-state index is 12.8. The number of benzene rings is 1. The zero-order valence-electron chi connectivity index (χ0n) is 16.9. The van der Waals surface area contributed by atoms with E-state index in [0.717, 1.165) is 49.0 Å². The van der Waals surface area contributed by atoms with E-state index in [1.807, 2.05) is 35.2 Å². The van der Waals surface area contributed by atoms with Gasteiger partial charge >= 0.3 is 0 Å². The number of rotatable bonds is 4. The molecule has 1 aliphatic rings. The minimum absolute atomic E-state index is 0.117. The summed E-state index contributed by atoms with van der Waals surface area (Å²) >= 11 is 0. The van der Waals surface area contributed by atoms with E-state index in [9.17, 15) is 4.79 Å². The maximum Gasteiger partial charge on any atom is 0.253 e. The minimum Gasteiger partial charge on any atom is -0.355 e. The lowest BCUT2D eigenvalue weighted by Gasteiger charge is -2.24. The summed E-state index contributed by atoms with van der Waals surface area (Å²) in [6, 6.07) is 11.7. The highest BCUT2D eigenvalue weighted by Gasteiger charge is 2.22. The molecule has 1 aromatic carbocycles. The SMILES string of the molecule is CC(C)c1cc(N2CCCN(C(=O)c3ccccc3)CC2)nc(C(C)C)n1. The van der Waals surface area contributed by atoms with Crippen molar-refractivity contribution in [2.75, 3.05) is 31.1 Å². The fraction of sp³-hybridized carbons (Fsp3) is 0.500. The molecule has 0 spiro atoms. The fourth-order valence-corrected chi connectivity index (χ4v) is 3.30. The van der Waals surface area contributed by atoms with Gasteiger partial charge in [-0.2, -0.15) is 0 Å². The van der Waals surface area contributed by atoms with E-state index in [1.54, 1.807) is 0 Å². The van der Waals surface area contributed by atoms with Crippen molar-refractivity contribution in [1.82, 2.24) is 14.9 Å². The van der Waals surface area contributed by atoms with Gasteiger partial charge in [0.25, 0.3) is 5.91 Å². The van der Waals surface area contributed by atoms with E-state index < -0.39 is 0 Å². The third-order valence-electron chi connectivity index (χ3n) is 4.99. The van der Waals surface area contributed by atoms with Gasteiger partial charge in [0, 0.05) is 49.4 Å². The minimum atomic E-state index is 0.117. The quantitative estimate of drug-likeness (QED) is 0.818.